The van der Waals surface area contributed by atoms with Crippen LogP contribution in [0.25, 0.3) is 0 Å². The number of ketones is 1. The molecule has 2 aromatic carbocycles. The van der Waals surface area contributed by atoms with Crippen molar-refractivity contribution in [1.29, 1.82) is 0 Å². The van der Waals surface area contributed by atoms with Crippen molar-refractivity contribution in [1.82, 2.24) is 0 Å². The molecule has 2 unspecified atom stereocenters. The van der Waals surface area contributed by atoms with E-state index in [4.69, 9.17) is 11.6 Å². The fraction of sp³-hybridized carbons (Fsp3) is 0.158. The zero-order valence-corrected chi connectivity index (χ0v) is 14.6. The third kappa shape index (κ3) is 2.42. The Kier molecular flexibility index (Phi) is 3.85. The van der Waals surface area contributed by atoms with Gasteiger partial charge in [0, 0.05) is 11.9 Å². The first-order valence-corrected chi connectivity index (χ1v) is 8.44. The Balaban J connectivity index is 1.82. The van der Waals surface area contributed by atoms with E-state index in [0.29, 0.717) is 16.4 Å². The van der Waals surface area contributed by atoms with Crippen molar-refractivity contribution in [2.24, 2.45) is 11.0 Å². The molecule has 6 nitrogen and oxygen atoms in total. The van der Waals surface area contributed by atoms with Crippen LogP contribution in [0.5, 0.6) is 0 Å². The number of hydrazone groups is 1. The molecule has 0 saturated carbocycles. The second-order valence-corrected chi connectivity index (χ2v) is 6.57. The van der Waals surface area contributed by atoms with Crippen molar-refractivity contribution in [3.8, 4) is 0 Å². The summed E-state index contributed by atoms with van der Waals surface area (Å²) in [5.74, 6) is -2.10. The summed E-state index contributed by atoms with van der Waals surface area (Å²) in [6, 6.07) is 14.6. The number of rotatable bonds is 3. The van der Waals surface area contributed by atoms with Crippen LogP contribution in [0.4, 0.5) is 11.4 Å². The van der Waals surface area contributed by atoms with Crippen molar-refractivity contribution in [2.75, 3.05) is 9.91 Å². The molecule has 2 amide bonds. The van der Waals surface area contributed by atoms with Crippen LogP contribution < -0.4 is 9.91 Å². The Hall–Kier alpha value is -2.99. The maximum Gasteiger partial charge on any atom is 0.259 e. The maximum atomic E-state index is 13.1. The van der Waals surface area contributed by atoms with Gasteiger partial charge in [-0.15, -0.1) is 0 Å². The Labute approximate surface area is 154 Å². The van der Waals surface area contributed by atoms with Crippen LogP contribution in [0.15, 0.2) is 59.7 Å². The Morgan fingerprint density at radius 2 is 1.69 bits per heavy atom. The monoisotopic (exact) mass is 367 g/mol. The van der Waals surface area contributed by atoms with Crippen LogP contribution in [0, 0.1) is 5.92 Å². The summed E-state index contributed by atoms with van der Waals surface area (Å²) in [6.07, 6.45) is 0. The lowest BCUT2D eigenvalue weighted by molar-refractivity contribution is -0.122. The van der Waals surface area contributed by atoms with Gasteiger partial charge >= 0.3 is 0 Å². The smallest absolute Gasteiger partial charge is 0.259 e. The number of Topliss-reactive ketones (excluding diaryl/α,β-unsaturated/α-hetero) is 1. The van der Waals surface area contributed by atoms with Gasteiger partial charge in [-0.3, -0.25) is 19.4 Å². The quantitative estimate of drug-likeness (QED) is 0.782. The van der Waals surface area contributed by atoms with Crippen molar-refractivity contribution >= 4 is 46.3 Å². The van der Waals surface area contributed by atoms with E-state index in [-0.39, 0.29) is 11.5 Å². The van der Waals surface area contributed by atoms with E-state index in [2.05, 4.69) is 5.10 Å². The number of hydrogen-bond acceptors (Lipinski definition) is 5. The van der Waals surface area contributed by atoms with Crippen LogP contribution in [0.1, 0.15) is 6.92 Å². The molecule has 2 aliphatic rings. The summed E-state index contributed by atoms with van der Waals surface area (Å²) in [6.45, 7) is 1.35. The van der Waals surface area contributed by atoms with Crippen LogP contribution in [-0.4, -0.2) is 29.4 Å². The highest BCUT2D eigenvalue weighted by Crippen LogP contribution is 2.38. The Morgan fingerprint density at radius 3 is 2.35 bits per heavy atom. The van der Waals surface area contributed by atoms with Crippen molar-refractivity contribution in [3.63, 3.8) is 0 Å². The van der Waals surface area contributed by atoms with Crippen LogP contribution in [-0.2, 0) is 14.4 Å². The predicted molar refractivity (Wildman–Crippen MR) is 98.3 cm³/mol. The van der Waals surface area contributed by atoms with Crippen LogP contribution >= 0.6 is 11.6 Å². The Morgan fingerprint density at radius 1 is 1.00 bits per heavy atom. The highest BCUT2D eigenvalue weighted by atomic mass is 35.5. The molecule has 2 atom stereocenters. The minimum absolute atomic E-state index is 0.0896. The number of carbonyl (C=O) groups is 3. The standard InChI is InChI=1S/C19H14ClN3O3/c1-11(24)16-15-17(23(21-16)14-9-5-6-12(20)10-14)19(26)22(18(15)25)13-7-3-2-4-8-13/h2-10,15,17H,1H3. The highest BCUT2D eigenvalue weighted by molar-refractivity contribution is 6.48. The predicted octanol–water partition coefficient (Wildman–Crippen LogP) is 2.66. The summed E-state index contributed by atoms with van der Waals surface area (Å²) in [4.78, 5) is 39.2. The van der Waals surface area contributed by atoms with E-state index in [9.17, 15) is 14.4 Å². The van der Waals surface area contributed by atoms with Gasteiger partial charge in [0.15, 0.2) is 5.78 Å². The maximum absolute atomic E-state index is 13.1. The molecule has 1 saturated heterocycles. The molecule has 4 rings (SSSR count). The summed E-state index contributed by atoms with van der Waals surface area (Å²) in [5, 5.41) is 6.19. The van der Waals surface area contributed by atoms with E-state index in [0.717, 1.165) is 4.90 Å². The van der Waals surface area contributed by atoms with E-state index in [1.54, 1.807) is 54.6 Å². The zero-order valence-electron chi connectivity index (χ0n) is 13.8. The van der Waals surface area contributed by atoms with Gasteiger partial charge in [-0.25, -0.2) is 4.90 Å². The topological polar surface area (TPSA) is 70.1 Å². The van der Waals surface area contributed by atoms with Gasteiger partial charge < -0.3 is 0 Å². The van der Waals surface area contributed by atoms with Gasteiger partial charge in [-0.1, -0.05) is 35.9 Å². The van der Waals surface area contributed by atoms with E-state index in [1.165, 1.54) is 11.9 Å². The average Bonchev–Trinajstić information content (AvgIpc) is 3.13. The first kappa shape index (κ1) is 16.5. The summed E-state index contributed by atoms with van der Waals surface area (Å²) in [7, 11) is 0. The van der Waals surface area contributed by atoms with Crippen molar-refractivity contribution < 1.29 is 14.4 Å². The number of para-hydroxylation sites is 1. The van der Waals surface area contributed by atoms with Gasteiger partial charge in [0.2, 0.25) is 5.91 Å². The number of anilines is 2. The molecule has 0 radical (unpaired) electrons. The first-order valence-electron chi connectivity index (χ1n) is 8.06. The molecular weight excluding hydrogens is 354 g/mol. The number of fused-ring (bicyclic) bond motifs is 1. The molecule has 0 N–H and O–H groups in total. The minimum atomic E-state index is -0.917. The third-order valence-corrected chi connectivity index (χ3v) is 4.73. The molecule has 2 aromatic rings. The zero-order chi connectivity index (χ0) is 18.4. The molecule has 7 heteroatoms. The summed E-state index contributed by atoms with van der Waals surface area (Å²) >= 11 is 6.05. The van der Waals surface area contributed by atoms with Gasteiger partial charge in [-0.05, 0) is 30.3 Å². The lowest BCUT2D eigenvalue weighted by Gasteiger charge is -2.22. The van der Waals surface area contributed by atoms with E-state index < -0.39 is 23.8 Å². The normalized spacial score (nSPS) is 21.8. The molecule has 26 heavy (non-hydrogen) atoms. The van der Waals surface area contributed by atoms with Crippen molar-refractivity contribution in [2.45, 2.75) is 13.0 Å². The molecule has 0 bridgehead atoms. The van der Waals surface area contributed by atoms with Crippen LogP contribution in [0.2, 0.25) is 5.02 Å². The summed E-state index contributed by atoms with van der Waals surface area (Å²) in [5.41, 5.74) is 1.12. The van der Waals surface area contributed by atoms with Gasteiger partial charge in [0.05, 0.1) is 11.4 Å². The minimum Gasteiger partial charge on any atom is -0.293 e. The molecule has 0 aliphatic carbocycles. The Bertz CT molecular complexity index is 958. The van der Waals surface area contributed by atoms with E-state index in [1.807, 2.05) is 0 Å². The largest absolute Gasteiger partial charge is 0.293 e. The van der Waals surface area contributed by atoms with E-state index >= 15 is 0 Å². The van der Waals surface area contributed by atoms with Gasteiger partial charge in [-0.2, -0.15) is 5.10 Å². The summed E-state index contributed by atoms with van der Waals surface area (Å²) < 4.78 is 0. The molecule has 1 fully saturated rings. The van der Waals surface area contributed by atoms with Gasteiger partial charge in [0.1, 0.15) is 17.7 Å². The number of hydrogen-bond donors (Lipinski definition) is 0. The molecule has 0 aromatic heterocycles. The second-order valence-electron chi connectivity index (χ2n) is 6.14. The lowest BCUT2D eigenvalue weighted by atomic mass is 9.95. The lowest BCUT2D eigenvalue weighted by Crippen LogP contribution is -2.39. The first-order chi connectivity index (χ1) is 12.5. The fourth-order valence-electron chi connectivity index (χ4n) is 3.37. The molecule has 2 heterocycles. The SMILES string of the molecule is CC(=O)C1=NN(c2cccc(Cl)c2)C2C(=O)N(c3ccccc3)C(=O)C12. The fourth-order valence-corrected chi connectivity index (χ4v) is 3.55. The molecular formula is C19H14ClN3O3. The van der Waals surface area contributed by atoms with Crippen molar-refractivity contribution in [3.05, 3.63) is 59.6 Å². The molecule has 0 spiro atoms. The van der Waals surface area contributed by atoms with Crippen LogP contribution in [0.3, 0.4) is 0 Å². The highest BCUT2D eigenvalue weighted by Gasteiger charge is 2.58. The number of benzene rings is 2. The van der Waals surface area contributed by atoms with Gasteiger partial charge in [0.25, 0.3) is 5.91 Å². The number of carbonyl (C=O) groups excluding carboxylic acids is 3. The molecule has 2 aliphatic heterocycles. The number of amides is 2. The number of imide groups is 1. The second kappa shape index (κ2) is 6.07. The number of halogens is 1. The average molecular weight is 368 g/mol. The third-order valence-electron chi connectivity index (χ3n) is 4.50. The molecule has 130 valence electrons. The number of nitrogens with zero attached hydrogens (tertiary/aromatic N) is 3.